The Kier molecular flexibility index (Phi) is 7.32. The fraction of sp³-hybridized carbons (Fsp3) is 0.647. The Labute approximate surface area is 133 Å². The van der Waals surface area contributed by atoms with E-state index in [9.17, 15) is 4.79 Å². The summed E-state index contributed by atoms with van der Waals surface area (Å²) in [6, 6.07) is 3.54. The summed E-state index contributed by atoms with van der Waals surface area (Å²) >= 11 is 0. The van der Waals surface area contributed by atoms with E-state index in [-0.39, 0.29) is 5.91 Å². The summed E-state index contributed by atoms with van der Waals surface area (Å²) in [7, 11) is 1.57. The van der Waals surface area contributed by atoms with Crippen LogP contribution in [0.2, 0.25) is 0 Å². The van der Waals surface area contributed by atoms with E-state index in [4.69, 9.17) is 9.47 Å². The van der Waals surface area contributed by atoms with Crippen molar-refractivity contribution in [3.05, 3.63) is 17.8 Å². The summed E-state index contributed by atoms with van der Waals surface area (Å²) in [5.74, 6) is 0.409. The van der Waals surface area contributed by atoms with Gasteiger partial charge >= 0.3 is 0 Å². The zero-order valence-corrected chi connectivity index (χ0v) is 14.4. The molecule has 1 atom stereocenters. The zero-order valence-electron chi connectivity index (χ0n) is 14.4. The van der Waals surface area contributed by atoms with E-state index in [0.717, 1.165) is 25.0 Å². The maximum atomic E-state index is 12.6. The van der Waals surface area contributed by atoms with Gasteiger partial charge in [0.1, 0.15) is 5.60 Å². The summed E-state index contributed by atoms with van der Waals surface area (Å²) < 4.78 is 10.8. The molecule has 0 aliphatic rings. The molecule has 22 heavy (non-hydrogen) atoms. The maximum absolute atomic E-state index is 12.6. The van der Waals surface area contributed by atoms with Gasteiger partial charge in [-0.3, -0.25) is 4.79 Å². The highest BCUT2D eigenvalue weighted by Crippen LogP contribution is 2.24. The largest absolute Gasteiger partial charge is 0.481 e. The van der Waals surface area contributed by atoms with Gasteiger partial charge in [-0.05, 0) is 33.3 Å². The Morgan fingerprint density at radius 3 is 2.59 bits per heavy atom. The van der Waals surface area contributed by atoms with Crippen molar-refractivity contribution in [2.45, 2.75) is 59.0 Å². The average molecular weight is 308 g/mol. The average Bonchev–Trinajstić information content (AvgIpc) is 2.49. The van der Waals surface area contributed by atoms with Crippen molar-refractivity contribution in [1.29, 1.82) is 0 Å². The van der Waals surface area contributed by atoms with Crippen LogP contribution in [0.1, 0.15) is 52.1 Å². The van der Waals surface area contributed by atoms with Crippen LogP contribution < -0.4 is 10.1 Å². The lowest BCUT2D eigenvalue weighted by molar-refractivity contribution is -0.139. The van der Waals surface area contributed by atoms with Gasteiger partial charge in [-0.25, -0.2) is 4.98 Å². The van der Waals surface area contributed by atoms with Gasteiger partial charge in [0.15, 0.2) is 0 Å². The quantitative estimate of drug-likeness (QED) is 0.706. The molecule has 0 fully saturated rings. The van der Waals surface area contributed by atoms with Crippen LogP contribution in [0.3, 0.4) is 0 Å². The molecule has 0 aliphatic heterocycles. The number of aromatic nitrogens is 1. The molecule has 5 heteroatoms. The standard InChI is InChI=1S/C17H28N2O3/c1-6-8-9-12-17(4,22-7-2)16(20)19-14-10-11-15(21-5)18-13(14)3/h10-11H,6-9,12H2,1-5H3,(H,19,20)/t17-/m1/s1. The molecule has 1 amide bonds. The second-order valence-corrected chi connectivity index (χ2v) is 5.56. The highest BCUT2D eigenvalue weighted by Gasteiger charge is 2.33. The van der Waals surface area contributed by atoms with E-state index in [1.165, 1.54) is 0 Å². The Bertz CT molecular complexity index is 491. The van der Waals surface area contributed by atoms with Gasteiger partial charge in [-0.2, -0.15) is 0 Å². The molecular formula is C17H28N2O3. The Balaban J connectivity index is 2.82. The minimum Gasteiger partial charge on any atom is -0.481 e. The molecular weight excluding hydrogens is 280 g/mol. The third-order valence-corrected chi connectivity index (χ3v) is 3.72. The van der Waals surface area contributed by atoms with Gasteiger partial charge in [0.25, 0.3) is 5.91 Å². The molecule has 0 spiro atoms. The molecule has 0 saturated carbocycles. The van der Waals surface area contributed by atoms with E-state index >= 15 is 0 Å². The van der Waals surface area contributed by atoms with Gasteiger partial charge in [0.2, 0.25) is 5.88 Å². The van der Waals surface area contributed by atoms with E-state index < -0.39 is 5.60 Å². The minimum atomic E-state index is -0.809. The Morgan fingerprint density at radius 1 is 1.32 bits per heavy atom. The van der Waals surface area contributed by atoms with Gasteiger partial charge in [-0.1, -0.05) is 26.2 Å². The smallest absolute Gasteiger partial charge is 0.256 e. The van der Waals surface area contributed by atoms with Crippen molar-refractivity contribution >= 4 is 11.6 Å². The number of aryl methyl sites for hydroxylation is 1. The van der Waals surface area contributed by atoms with Gasteiger partial charge in [0.05, 0.1) is 18.5 Å². The lowest BCUT2D eigenvalue weighted by atomic mass is 9.96. The Hall–Kier alpha value is -1.62. The highest BCUT2D eigenvalue weighted by atomic mass is 16.5. The monoisotopic (exact) mass is 308 g/mol. The summed E-state index contributed by atoms with van der Waals surface area (Å²) in [5.41, 5.74) is 0.600. The fourth-order valence-electron chi connectivity index (χ4n) is 2.32. The summed E-state index contributed by atoms with van der Waals surface area (Å²) in [6.07, 6.45) is 3.90. The summed E-state index contributed by atoms with van der Waals surface area (Å²) in [4.78, 5) is 16.9. The first-order chi connectivity index (χ1) is 10.5. The van der Waals surface area contributed by atoms with Crippen molar-refractivity contribution in [3.8, 4) is 5.88 Å². The third-order valence-electron chi connectivity index (χ3n) is 3.72. The fourth-order valence-corrected chi connectivity index (χ4v) is 2.32. The first kappa shape index (κ1) is 18.4. The van der Waals surface area contributed by atoms with Gasteiger partial charge in [0, 0.05) is 12.7 Å². The zero-order chi connectivity index (χ0) is 16.6. The highest BCUT2D eigenvalue weighted by molar-refractivity contribution is 5.97. The van der Waals surface area contributed by atoms with Crippen LogP contribution in [0.25, 0.3) is 0 Å². The van der Waals surface area contributed by atoms with Crippen LogP contribution in [-0.4, -0.2) is 30.2 Å². The first-order valence-electron chi connectivity index (χ1n) is 7.93. The number of anilines is 1. The maximum Gasteiger partial charge on any atom is 0.256 e. The van der Waals surface area contributed by atoms with Crippen molar-refractivity contribution in [1.82, 2.24) is 4.98 Å². The number of nitrogens with one attached hydrogen (secondary N) is 1. The predicted octanol–water partition coefficient (Wildman–Crippen LogP) is 3.71. The molecule has 0 bridgehead atoms. The number of carbonyl (C=O) groups is 1. The minimum absolute atomic E-state index is 0.125. The lowest BCUT2D eigenvalue weighted by Gasteiger charge is -2.28. The van der Waals surface area contributed by atoms with E-state index in [2.05, 4.69) is 17.2 Å². The van der Waals surface area contributed by atoms with Crippen molar-refractivity contribution in [2.75, 3.05) is 19.0 Å². The predicted molar refractivity (Wildman–Crippen MR) is 88.3 cm³/mol. The van der Waals surface area contributed by atoms with Crippen LogP contribution in [0.15, 0.2) is 12.1 Å². The number of nitrogens with zero attached hydrogens (tertiary/aromatic N) is 1. The number of rotatable bonds is 9. The van der Waals surface area contributed by atoms with E-state index in [1.54, 1.807) is 19.2 Å². The van der Waals surface area contributed by atoms with Crippen LogP contribution in [0.5, 0.6) is 5.88 Å². The second-order valence-electron chi connectivity index (χ2n) is 5.56. The van der Waals surface area contributed by atoms with E-state index in [0.29, 0.717) is 24.6 Å². The number of hydrogen-bond acceptors (Lipinski definition) is 4. The molecule has 124 valence electrons. The first-order valence-corrected chi connectivity index (χ1v) is 7.93. The molecule has 0 saturated heterocycles. The number of methoxy groups -OCH3 is 1. The molecule has 1 aromatic rings. The van der Waals surface area contributed by atoms with Gasteiger partial charge < -0.3 is 14.8 Å². The number of unbranched alkanes of at least 4 members (excludes halogenated alkanes) is 2. The lowest BCUT2D eigenvalue weighted by Crippen LogP contribution is -2.43. The molecule has 1 rings (SSSR count). The molecule has 5 nitrogen and oxygen atoms in total. The molecule has 0 aliphatic carbocycles. The molecule has 1 aromatic heterocycles. The third kappa shape index (κ3) is 4.98. The summed E-state index contributed by atoms with van der Waals surface area (Å²) in [6.45, 7) is 8.26. The Morgan fingerprint density at radius 2 is 2.05 bits per heavy atom. The number of amides is 1. The second kappa shape index (κ2) is 8.73. The van der Waals surface area contributed by atoms with Crippen LogP contribution in [0.4, 0.5) is 5.69 Å². The van der Waals surface area contributed by atoms with Gasteiger partial charge in [-0.15, -0.1) is 0 Å². The molecule has 1 N–H and O–H groups in total. The SMILES string of the molecule is CCCCC[C@@](C)(OCC)C(=O)Nc1ccc(OC)nc1C. The van der Waals surface area contributed by atoms with Crippen molar-refractivity contribution in [2.24, 2.45) is 0 Å². The number of ether oxygens (including phenoxy) is 2. The molecule has 1 heterocycles. The topological polar surface area (TPSA) is 60.5 Å². The van der Waals surface area contributed by atoms with Crippen molar-refractivity contribution < 1.29 is 14.3 Å². The molecule has 0 unspecified atom stereocenters. The van der Waals surface area contributed by atoms with Crippen LogP contribution >= 0.6 is 0 Å². The van der Waals surface area contributed by atoms with Crippen molar-refractivity contribution in [3.63, 3.8) is 0 Å². The van der Waals surface area contributed by atoms with E-state index in [1.807, 2.05) is 20.8 Å². The molecule has 0 radical (unpaired) electrons. The normalized spacial score (nSPS) is 13.5. The number of hydrogen-bond donors (Lipinski definition) is 1. The van der Waals surface area contributed by atoms with Crippen LogP contribution in [-0.2, 0) is 9.53 Å². The number of carbonyl (C=O) groups excluding carboxylic acids is 1. The molecule has 0 aromatic carbocycles. The van der Waals surface area contributed by atoms with Crippen LogP contribution in [0, 0.1) is 6.92 Å². The number of pyridine rings is 1. The summed E-state index contributed by atoms with van der Waals surface area (Å²) in [5, 5.41) is 2.93.